The van der Waals surface area contributed by atoms with Crippen LogP contribution in [-0.4, -0.2) is 48.9 Å². The van der Waals surface area contributed by atoms with Crippen molar-refractivity contribution < 1.29 is 14.0 Å². The van der Waals surface area contributed by atoms with Crippen LogP contribution >= 0.6 is 0 Å². The normalized spacial score (nSPS) is 19.3. The van der Waals surface area contributed by atoms with Gasteiger partial charge in [-0.2, -0.15) is 0 Å². The minimum Gasteiger partial charge on any atom is -0.353 e. The molecule has 2 saturated heterocycles. The van der Waals surface area contributed by atoms with Gasteiger partial charge < -0.3 is 15.5 Å². The van der Waals surface area contributed by atoms with E-state index in [4.69, 9.17) is 0 Å². The summed E-state index contributed by atoms with van der Waals surface area (Å²) in [5, 5.41) is 6.44. The second kappa shape index (κ2) is 9.12. The van der Waals surface area contributed by atoms with Gasteiger partial charge in [0.2, 0.25) is 5.91 Å². The van der Waals surface area contributed by atoms with E-state index >= 15 is 0 Å². The van der Waals surface area contributed by atoms with Crippen molar-refractivity contribution in [2.75, 3.05) is 26.2 Å². The van der Waals surface area contributed by atoms with Gasteiger partial charge in [0.05, 0.1) is 5.56 Å². The number of benzene rings is 1. The van der Waals surface area contributed by atoms with Crippen LogP contribution in [0.5, 0.6) is 0 Å². The fourth-order valence-corrected chi connectivity index (χ4v) is 3.84. The number of piperidine rings is 2. The van der Waals surface area contributed by atoms with Crippen molar-refractivity contribution in [2.24, 2.45) is 5.92 Å². The van der Waals surface area contributed by atoms with Crippen LogP contribution in [0.15, 0.2) is 24.3 Å². The number of rotatable bonds is 5. The van der Waals surface area contributed by atoms with E-state index in [0.717, 1.165) is 45.2 Å². The number of nitrogens with zero attached hydrogens (tertiary/aromatic N) is 1. The smallest absolute Gasteiger partial charge is 0.256 e. The second-order valence-corrected chi connectivity index (χ2v) is 7.35. The molecule has 3 rings (SSSR count). The number of likely N-dealkylation sites (tertiary alicyclic amines) is 1. The fourth-order valence-electron chi connectivity index (χ4n) is 3.84. The van der Waals surface area contributed by atoms with E-state index in [1.165, 1.54) is 12.1 Å². The maximum absolute atomic E-state index is 13.8. The summed E-state index contributed by atoms with van der Waals surface area (Å²) in [5.74, 6) is 0.0225. The van der Waals surface area contributed by atoms with E-state index in [9.17, 15) is 14.0 Å². The van der Waals surface area contributed by atoms with Crippen LogP contribution in [0.3, 0.4) is 0 Å². The van der Waals surface area contributed by atoms with E-state index < -0.39 is 5.82 Å². The molecule has 6 heteroatoms. The van der Waals surface area contributed by atoms with Crippen molar-refractivity contribution in [3.05, 3.63) is 35.6 Å². The molecule has 0 saturated carbocycles. The summed E-state index contributed by atoms with van der Waals surface area (Å²) < 4.78 is 13.8. The Balaban J connectivity index is 1.40. The highest BCUT2D eigenvalue weighted by atomic mass is 19.1. The lowest BCUT2D eigenvalue weighted by atomic mass is 9.93. The van der Waals surface area contributed by atoms with Crippen molar-refractivity contribution >= 4 is 11.8 Å². The van der Waals surface area contributed by atoms with Gasteiger partial charge in [-0.15, -0.1) is 0 Å². The van der Waals surface area contributed by atoms with Crippen LogP contribution in [-0.2, 0) is 4.79 Å². The first kappa shape index (κ1) is 18.8. The Labute approximate surface area is 154 Å². The number of carbonyl (C=O) groups excluding carboxylic acids is 2. The molecule has 0 aromatic heterocycles. The van der Waals surface area contributed by atoms with Gasteiger partial charge in [0.15, 0.2) is 0 Å². The van der Waals surface area contributed by atoms with Gasteiger partial charge >= 0.3 is 0 Å². The van der Waals surface area contributed by atoms with Crippen molar-refractivity contribution in [3.8, 4) is 0 Å². The first-order chi connectivity index (χ1) is 12.6. The monoisotopic (exact) mass is 361 g/mol. The lowest BCUT2D eigenvalue weighted by Gasteiger charge is -2.32. The zero-order valence-electron chi connectivity index (χ0n) is 15.2. The quantitative estimate of drug-likeness (QED) is 0.846. The highest BCUT2D eigenvalue weighted by Crippen LogP contribution is 2.19. The molecule has 2 N–H and O–H groups in total. The molecule has 0 bridgehead atoms. The number of hydrogen-bond donors (Lipinski definition) is 2. The van der Waals surface area contributed by atoms with Gasteiger partial charge in [0.25, 0.3) is 5.91 Å². The summed E-state index contributed by atoms with van der Waals surface area (Å²) in [6.45, 7) is 3.21. The lowest BCUT2D eigenvalue weighted by Crippen LogP contribution is -2.46. The van der Waals surface area contributed by atoms with Gasteiger partial charge in [0.1, 0.15) is 5.82 Å². The molecular weight excluding hydrogens is 333 g/mol. The van der Waals surface area contributed by atoms with Crippen molar-refractivity contribution in [1.29, 1.82) is 0 Å². The molecule has 0 unspecified atom stereocenters. The number of hydrogen-bond acceptors (Lipinski definition) is 3. The van der Waals surface area contributed by atoms with E-state index in [1.807, 2.05) is 0 Å². The molecule has 0 atom stereocenters. The van der Waals surface area contributed by atoms with E-state index in [0.29, 0.717) is 25.4 Å². The summed E-state index contributed by atoms with van der Waals surface area (Å²) in [6, 6.07) is 6.19. The molecule has 2 aliphatic heterocycles. The minimum atomic E-state index is -0.481. The predicted molar refractivity (Wildman–Crippen MR) is 98.3 cm³/mol. The second-order valence-electron chi connectivity index (χ2n) is 7.35. The van der Waals surface area contributed by atoms with Gasteiger partial charge in [0, 0.05) is 25.6 Å². The van der Waals surface area contributed by atoms with Gasteiger partial charge in [-0.25, -0.2) is 4.39 Å². The van der Waals surface area contributed by atoms with Crippen LogP contribution in [0.25, 0.3) is 0 Å². The Morgan fingerprint density at radius 1 is 1.12 bits per heavy atom. The predicted octanol–water partition coefficient (Wildman–Crippen LogP) is 2.33. The number of halogens is 1. The molecule has 2 amide bonds. The summed E-state index contributed by atoms with van der Waals surface area (Å²) in [6.07, 6.45) is 5.30. The van der Waals surface area contributed by atoms with Gasteiger partial charge in [-0.1, -0.05) is 12.1 Å². The average molecular weight is 361 g/mol. The van der Waals surface area contributed by atoms with E-state index in [2.05, 4.69) is 10.6 Å². The Hall–Kier alpha value is -1.95. The molecular formula is C20H28FN3O2. The number of amides is 2. The molecule has 26 heavy (non-hydrogen) atoms. The summed E-state index contributed by atoms with van der Waals surface area (Å²) in [5.41, 5.74) is 0.122. The highest BCUT2D eigenvalue weighted by Gasteiger charge is 2.26. The third-order valence-electron chi connectivity index (χ3n) is 5.49. The van der Waals surface area contributed by atoms with Crippen LogP contribution < -0.4 is 10.6 Å². The molecule has 142 valence electrons. The van der Waals surface area contributed by atoms with Crippen molar-refractivity contribution in [1.82, 2.24) is 15.5 Å². The summed E-state index contributed by atoms with van der Waals surface area (Å²) >= 11 is 0. The zero-order valence-corrected chi connectivity index (χ0v) is 15.2. The van der Waals surface area contributed by atoms with Crippen LogP contribution in [0.1, 0.15) is 48.9 Å². The Morgan fingerprint density at radius 3 is 2.50 bits per heavy atom. The molecule has 0 aliphatic carbocycles. The van der Waals surface area contributed by atoms with E-state index in [1.54, 1.807) is 17.0 Å². The lowest BCUT2D eigenvalue weighted by molar-refractivity contribution is -0.122. The highest BCUT2D eigenvalue weighted by molar-refractivity contribution is 5.94. The topological polar surface area (TPSA) is 61.4 Å². The van der Waals surface area contributed by atoms with Crippen LogP contribution in [0.4, 0.5) is 4.39 Å². The fraction of sp³-hybridized carbons (Fsp3) is 0.600. The van der Waals surface area contributed by atoms with Gasteiger partial charge in [-0.05, 0) is 63.2 Å². The zero-order chi connectivity index (χ0) is 18.4. The Bertz CT molecular complexity index is 623. The van der Waals surface area contributed by atoms with Crippen molar-refractivity contribution in [2.45, 2.75) is 44.6 Å². The van der Waals surface area contributed by atoms with Crippen LogP contribution in [0, 0.1) is 11.7 Å². The van der Waals surface area contributed by atoms with Gasteiger partial charge in [-0.3, -0.25) is 9.59 Å². The third-order valence-corrected chi connectivity index (χ3v) is 5.49. The minimum absolute atomic E-state index is 0.111. The molecule has 1 aromatic carbocycles. The standard InChI is InChI=1S/C20H28FN3O2/c21-18-4-2-1-3-17(18)20(26)24-13-9-16(10-14-24)23-19(25)6-5-15-7-11-22-12-8-15/h1-4,15-16,22H,5-14H2,(H,23,25). The summed E-state index contributed by atoms with van der Waals surface area (Å²) in [7, 11) is 0. The molecule has 0 radical (unpaired) electrons. The largest absolute Gasteiger partial charge is 0.353 e. The number of nitrogens with one attached hydrogen (secondary N) is 2. The number of carbonyl (C=O) groups is 2. The van der Waals surface area contributed by atoms with Crippen molar-refractivity contribution in [3.63, 3.8) is 0 Å². The maximum Gasteiger partial charge on any atom is 0.256 e. The van der Waals surface area contributed by atoms with Crippen LogP contribution in [0.2, 0.25) is 0 Å². The molecule has 5 nitrogen and oxygen atoms in total. The maximum atomic E-state index is 13.8. The average Bonchev–Trinajstić information content (AvgIpc) is 2.68. The SMILES string of the molecule is O=C(CCC1CCNCC1)NC1CCN(C(=O)c2ccccc2F)CC1. The van der Waals surface area contributed by atoms with E-state index in [-0.39, 0.29) is 23.4 Å². The molecule has 2 fully saturated rings. The molecule has 2 aliphatic rings. The first-order valence-electron chi connectivity index (χ1n) is 9.67. The Kier molecular flexibility index (Phi) is 6.61. The first-order valence-corrected chi connectivity index (χ1v) is 9.67. The molecule has 2 heterocycles. The molecule has 1 aromatic rings. The molecule has 0 spiro atoms. The summed E-state index contributed by atoms with van der Waals surface area (Å²) in [4.78, 5) is 26.3. The third kappa shape index (κ3) is 5.04. The Morgan fingerprint density at radius 2 is 1.81 bits per heavy atom.